The Morgan fingerprint density at radius 3 is 2.94 bits per heavy atom. The summed E-state index contributed by atoms with van der Waals surface area (Å²) in [5.74, 6) is 0.880. The third-order valence-electron chi connectivity index (χ3n) is 4.27. The van der Waals surface area contributed by atoms with Crippen molar-refractivity contribution in [3.05, 3.63) is 22.4 Å². The Hall–Kier alpha value is -0.380. The summed E-state index contributed by atoms with van der Waals surface area (Å²) in [5.41, 5.74) is 1.47. The molecule has 2 fully saturated rings. The van der Waals surface area contributed by atoms with Crippen LogP contribution in [-0.2, 0) is 4.74 Å². The molecule has 1 aliphatic carbocycles. The average molecular weight is 251 g/mol. The SMILES string of the molecule is CC1CCC2(CC1)CNCC(c1ccsc1)O2. The first-order valence-corrected chi connectivity index (χ1v) is 7.62. The molecule has 2 nitrogen and oxygen atoms in total. The van der Waals surface area contributed by atoms with E-state index in [1.54, 1.807) is 11.3 Å². The highest BCUT2D eigenvalue weighted by Crippen LogP contribution is 2.39. The van der Waals surface area contributed by atoms with Crippen LogP contribution in [0.1, 0.15) is 44.3 Å². The molecular weight excluding hydrogens is 230 g/mol. The fourth-order valence-electron chi connectivity index (χ4n) is 3.04. The van der Waals surface area contributed by atoms with E-state index in [1.807, 2.05) is 0 Å². The molecule has 1 aliphatic heterocycles. The lowest BCUT2D eigenvalue weighted by atomic mass is 9.78. The van der Waals surface area contributed by atoms with Crippen LogP contribution in [0.15, 0.2) is 16.8 Å². The monoisotopic (exact) mass is 251 g/mol. The van der Waals surface area contributed by atoms with Crippen LogP contribution in [0.25, 0.3) is 0 Å². The Morgan fingerprint density at radius 2 is 2.24 bits per heavy atom. The first-order chi connectivity index (χ1) is 8.27. The molecule has 0 bridgehead atoms. The first kappa shape index (κ1) is 11.7. The maximum absolute atomic E-state index is 6.45. The predicted molar refractivity (Wildman–Crippen MR) is 71.4 cm³/mol. The number of morpholine rings is 1. The van der Waals surface area contributed by atoms with E-state index in [9.17, 15) is 0 Å². The predicted octanol–water partition coefficient (Wildman–Crippen LogP) is 3.36. The third kappa shape index (κ3) is 2.42. The van der Waals surface area contributed by atoms with Gasteiger partial charge < -0.3 is 10.1 Å². The van der Waals surface area contributed by atoms with Crippen LogP contribution < -0.4 is 5.32 Å². The minimum Gasteiger partial charge on any atom is -0.364 e. The van der Waals surface area contributed by atoms with Crippen LogP contribution in [-0.4, -0.2) is 18.7 Å². The molecule has 1 saturated carbocycles. The normalized spacial score (nSPS) is 38.4. The minimum absolute atomic E-state index is 0.122. The molecule has 1 N–H and O–H groups in total. The van der Waals surface area contributed by atoms with Crippen molar-refractivity contribution >= 4 is 11.3 Å². The highest BCUT2D eigenvalue weighted by atomic mass is 32.1. The molecule has 3 rings (SSSR count). The zero-order valence-electron chi connectivity index (χ0n) is 10.4. The second-order valence-electron chi connectivity index (χ2n) is 5.66. The van der Waals surface area contributed by atoms with Crippen molar-refractivity contribution in [2.75, 3.05) is 13.1 Å². The summed E-state index contributed by atoms with van der Waals surface area (Å²) in [4.78, 5) is 0. The van der Waals surface area contributed by atoms with E-state index >= 15 is 0 Å². The van der Waals surface area contributed by atoms with Gasteiger partial charge in [-0.25, -0.2) is 0 Å². The average Bonchev–Trinajstić information content (AvgIpc) is 2.88. The van der Waals surface area contributed by atoms with Gasteiger partial charge in [0.15, 0.2) is 0 Å². The van der Waals surface area contributed by atoms with Gasteiger partial charge in [0.25, 0.3) is 0 Å². The zero-order chi connectivity index (χ0) is 11.7. The van der Waals surface area contributed by atoms with Crippen molar-refractivity contribution in [2.45, 2.75) is 44.3 Å². The van der Waals surface area contributed by atoms with E-state index in [-0.39, 0.29) is 11.7 Å². The van der Waals surface area contributed by atoms with Crippen LogP contribution in [0.2, 0.25) is 0 Å². The van der Waals surface area contributed by atoms with Gasteiger partial charge in [-0.3, -0.25) is 0 Å². The molecule has 1 unspecified atom stereocenters. The van der Waals surface area contributed by atoms with Gasteiger partial charge in [-0.15, -0.1) is 0 Å². The molecule has 94 valence electrons. The maximum atomic E-state index is 6.45. The Labute approximate surface area is 107 Å². The molecule has 17 heavy (non-hydrogen) atoms. The number of hydrogen-bond donors (Lipinski definition) is 1. The molecular formula is C14H21NOS. The summed E-state index contributed by atoms with van der Waals surface area (Å²) in [6, 6.07) is 2.20. The highest BCUT2D eigenvalue weighted by molar-refractivity contribution is 7.07. The van der Waals surface area contributed by atoms with Crippen LogP contribution in [0.3, 0.4) is 0 Å². The van der Waals surface area contributed by atoms with Gasteiger partial charge in [-0.2, -0.15) is 11.3 Å². The Morgan fingerprint density at radius 1 is 1.41 bits per heavy atom. The third-order valence-corrected chi connectivity index (χ3v) is 4.97. The summed E-state index contributed by atoms with van der Waals surface area (Å²) in [7, 11) is 0. The van der Waals surface area contributed by atoms with E-state index in [0.717, 1.165) is 19.0 Å². The molecule has 1 aromatic rings. The van der Waals surface area contributed by atoms with Crippen LogP contribution in [0, 0.1) is 5.92 Å². The van der Waals surface area contributed by atoms with Gasteiger partial charge in [0, 0.05) is 13.1 Å². The Balaban J connectivity index is 1.71. The summed E-state index contributed by atoms with van der Waals surface area (Å²) < 4.78 is 6.45. The van der Waals surface area contributed by atoms with Gasteiger partial charge in [-0.05, 0) is 54.0 Å². The van der Waals surface area contributed by atoms with E-state index < -0.39 is 0 Å². The second kappa shape index (κ2) is 4.71. The van der Waals surface area contributed by atoms with E-state index in [4.69, 9.17) is 4.74 Å². The van der Waals surface area contributed by atoms with Crippen molar-refractivity contribution in [1.29, 1.82) is 0 Å². The standard InChI is InChI=1S/C14H21NOS/c1-11-2-5-14(6-3-11)10-15-8-13(16-14)12-4-7-17-9-12/h4,7,9,11,13,15H,2-3,5-6,8,10H2,1H3. The minimum atomic E-state index is 0.122. The number of ether oxygens (including phenoxy) is 1. The van der Waals surface area contributed by atoms with E-state index in [1.165, 1.54) is 31.2 Å². The lowest BCUT2D eigenvalue weighted by molar-refractivity contribution is -0.140. The Kier molecular flexibility index (Phi) is 3.24. The molecule has 0 aromatic carbocycles. The number of nitrogens with one attached hydrogen (secondary N) is 1. The zero-order valence-corrected chi connectivity index (χ0v) is 11.3. The topological polar surface area (TPSA) is 21.3 Å². The van der Waals surface area contributed by atoms with Crippen molar-refractivity contribution in [3.8, 4) is 0 Å². The molecule has 2 aliphatic rings. The molecule has 1 aromatic heterocycles. The number of thiophene rings is 1. The van der Waals surface area contributed by atoms with Crippen LogP contribution in [0.5, 0.6) is 0 Å². The maximum Gasteiger partial charge on any atom is 0.0965 e. The van der Waals surface area contributed by atoms with E-state index in [0.29, 0.717) is 0 Å². The molecule has 1 atom stereocenters. The van der Waals surface area contributed by atoms with Gasteiger partial charge >= 0.3 is 0 Å². The summed E-state index contributed by atoms with van der Waals surface area (Å²) in [5, 5.41) is 7.94. The quantitative estimate of drug-likeness (QED) is 0.826. The van der Waals surface area contributed by atoms with Gasteiger partial charge in [-0.1, -0.05) is 6.92 Å². The molecule has 1 spiro atoms. The summed E-state index contributed by atoms with van der Waals surface area (Å²) in [6.07, 6.45) is 5.35. The molecule has 0 amide bonds. The lowest BCUT2D eigenvalue weighted by Gasteiger charge is -2.45. The van der Waals surface area contributed by atoms with Gasteiger partial charge in [0.2, 0.25) is 0 Å². The van der Waals surface area contributed by atoms with Crippen molar-refractivity contribution < 1.29 is 4.74 Å². The molecule has 1 saturated heterocycles. The molecule has 0 radical (unpaired) electrons. The molecule has 2 heterocycles. The van der Waals surface area contributed by atoms with Crippen LogP contribution >= 0.6 is 11.3 Å². The lowest BCUT2D eigenvalue weighted by Crippen LogP contribution is -2.52. The summed E-state index contributed by atoms with van der Waals surface area (Å²) in [6.45, 7) is 4.37. The van der Waals surface area contributed by atoms with Crippen molar-refractivity contribution in [3.63, 3.8) is 0 Å². The van der Waals surface area contributed by atoms with Gasteiger partial charge in [0.1, 0.15) is 0 Å². The van der Waals surface area contributed by atoms with E-state index in [2.05, 4.69) is 29.1 Å². The Bertz CT molecular complexity index is 354. The van der Waals surface area contributed by atoms with Gasteiger partial charge in [0.05, 0.1) is 11.7 Å². The van der Waals surface area contributed by atoms with Crippen LogP contribution in [0.4, 0.5) is 0 Å². The van der Waals surface area contributed by atoms with Crippen molar-refractivity contribution in [1.82, 2.24) is 5.32 Å². The van der Waals surface area contributed by atoms with Crippen molar-refractivity contribution in [2.24, 2.45) is 5.92 Å². The molecule has 3 heteroatoms. The number of hydrogen-bond acceptors (Lipinski definition) is 3. The fraction of sp³-hybridized carbons (Fsp3) is 0.714. The second-order valence-corrected chi connectivity index (χ2v) is 6.44. The number of rotatable bonds is 1. The largest absolute Gasteiger partial charge is 0.364 e. The smallest absolute Gasteiger partial charge is 0.0965 e. The summed E-state index contributed by atoms with van der Waals surface area (Å²) >= 11 is 1.76. The highest BCUT2D eigenvalue weighted by Gasteiger charge is 2.40. The fourth-order valence-corrected chi connectivity index (χ4v) is 3.74. The first-order valence-electron chi connectivity index (χ1n) is 6.68.